The van der Waals surface area contributed by atoms with Gasteiger partial charge < -0.3 is 33.9 Å². The first-order valence-corrected chi connectivity index (χ1v) is 12.7. The van der Waals surface area contributed by atoms with Crippen LogP contribution in [0.3, 0.4) is 0 Å². The lowest BCUT2D eigenvalue weighted by molar-refractivity contribution is -0.174. The molecule has 4 heterocycles. The summed E-state index contributed by atoms with van der Waals surface area (Å²) in [6.07, 6.45) is 8.61. The van der Waals surface area contributed by atoms with Crippen LogP contribution in [0.4, 0.5) is 0 Å². The summed E-state index contributed by atoms with van der Waals surface area (Å²) in [5.41, 5.74) is -4.61. The molecule has 0 radical (unpaired) electrons. The number of fused-ring (bicyclic) bond motifs is 4. The molecule has 10 heteroatoms. The molecule has 0 aliphatic carbocycles. The van der Waals surface area contributed by atoms with Crippen molar-refractivity contribution in [3.8, 4) is 0 Å². The van der Waals surface area contributed by atoms with Gasteiger partial charge in [-0.05, 0) is 39.0 Å². The second-order valence-corrected chi connectivity index (χ2v) is 10.0. The van der Waals surface area contributed by atoms with Crippen molar-refractivity contribution in [2.75, 3.05) is 33.0 Å². The average molecular weight is 509 g/mol. The maximum atomic E-state index is 13.0. The Labute approximate surface area is 210 Å². The van der Waals surface area contributed by atoms with Crippen LogP contribution in [0.25, 0.3) is 0 Å². The fourth-order valence-corrected chi connectivity index (χ4v) is 5.97. The number of esters is 3. The average Bonchev–Trinajstić information content (AvgIpc) is 3.66. The molecule has 4 aliphatic heterocycles. The minimum absolute atomic E-state index is 0.0282. The van der Waals surface area contributed by atoms with Gasteiger partial charge in [-0.25, -0.2) is 0 Å². The van der Waals surface area contributed by atoms with E-state index >= 15 is 0 Å². The van der Waals surface area contributed by atoms with Crippen LogP contribution >= 0.6 is 0 Å². The zero-order chi connectivity index (χ0) is 26.0. The van der Waals surface area contributed by atoms with Gasteiger partial charge in [0.25, 0.3) is 0 Å². The second-order valence-electron chi connectivity index (χ2n) is 10.0. The van der Waals surface area contributed by atoms with E-state index in [9.17, 15) is 24.6 Å². The first-order chi connectivity index (χ1) is 17.3. The monoisotopic (exact) mass is 508 g/mol. The van der Waals surface area contributed by atoms with Crippen LogP contribution in [0.5, 0.6) is 0 Å². The first kappa shape index (κ1) is 26.8. The van der Waals surface area contributed by atoms with Crippen LogP contribution < -0.4 is 0 Å². The van der Waals surface area contributed by atoms with E-state index in [1.165, 1.54) is 0 Å². The molecule has 0 aromatic rings. The van der Waals surface area contributed by atoms with Crippen molar-refractivity contribution >= 4 is 17.9 Å². The number of hydrogen-bond acceptors (Lipinski definition) is 10. The number of hydrogen-bond donors (Lipinski definition) is 2. The standard InChI is InChI=1S/C26H36O10/c1-3-24(14-18-8-11-25(24,17-28)35-18)20(29)33-12-6-5-7-13-34-22(31)26(21(30)32-4-2)15-23(16-27)10-9-19(26)36-23/h8-11,18-19,27-28H,3-7,12-17H2,1-2H3. The molecule has 0 aromatic carbocycles. The van der Waals surface area contributed by atoms with Crippen molar-refractivity contribution in [3.05, 3.63) is 24.3 Å². The molecule has 10 nitrogen and oxygen atoms in total. The van der Waals surface area contributed by atoms with E-state index in [2.05, 4.69) is 0 Å². The van der Waals surface area contributed by atoms with Gasteiger partial charge in [-0.15, -0.1) is 0 Å². The third-order valence-corrected chi connectivity index (χ3v) is 8.06. The van der Waals surface area contributed by atoms with Gasteiger partial charge in [-0.3, -0.25) is 14.4 Å². The fraction of sp³-hybridized carbons (Fsp3) is 0.731. The summed E-state index contributed by atoms with van der Waals surface area (Å²) in [6.45, 7) is 3.32. The lowest BCUT2D eigenvalue weighted by atomic mass is 9.67. The van der Waals surface area contributed by atoms with E-state index in [-0.39, 0.29) is 51.5 Å². The quantitative estimate of drug-likeness (QED) is 0.123. The largest absolute Gasteiger partial charge is 0.465 e. The summed E-state index contributed by atoms with van der Waals surface area (Å²) in [5.74, 6) is -1.80. The number of carbonyl (C=O) groups excluding carboxylic acids is 3. The lowest BCUT2D eigenvalue weighted by Gasteiger charge is -2.38. The van der Waals surface area contributed by atoms with Gasteiger partial charge in [0.1, 0.15) is 22.7 Å². The molecule has 0 amide bonds. The number of rotatable bonds is 13. The van der Waals surface area contributed by atoms with Crippen molar-refractivity contribution in [1.29, 1.82) is 0 Å². The van der Waals surface area contributed by atoms with Gasteiger partial charge in [0.15, 0.2) is 5.41 Å². The van der Waals surface area contributed by atoms with E-state index < -0.39 is 40.1 Å². The molecule has 4 aliphatic rings. The maximum absolute atomic E-state index is 13.0. The normalized spacial score (nSPS) is 37.4. The van der Waals surface area contributed by atoms with Gasteiger partial charge in [-0.2, -0.15) is 0 Å². The van der Waals surface area contributed by atoms with Crippen molar-refractivity contribution in [2.45, 2.75) is 75.8 Å². The van der Waals surface area contributed by atoms with E-state index in [0.29, 0.717) is 32.1 Å². The van der Waals surface area contributed by atoms with E-state index in [0.717, 1.165) is 0 Å². The fourth-order valence-electron chi connectivity index (χ4n) is 5.97. The van der Waals surface area contributed by atoms with Crippen molar-refractivity contribution in [3.63, 3.8) is 0 Å². The molecular formula is C26H36O10. The van der Waals surface area contributed by atoms with Crippen LogP contribution in [0, 0.1) is 10.8 Å². The van der Waals surface area contributed by atoms with Crippen molar-refractivity contribution < 1.29 is 48.3 Å². The Morgan fingerprint density at radius 2 is 1.58 bits per heavy atom. The van der Waals surface area contributed by atoms with Crippen molar-refractivity contribution in [1.82, 2.24) is 0 Å². The molecule has 4 bridgehead atoms. The number of carbonyl (C=O) groups is 3. The molecule has 200 valence electrons. The van der Waals surface area contributed by atoms with Gasteiger partial charge >= 0.3 is 17.9 Å². The molecule has 2 N–H and O–H groups in total. The first-order valence-electron chi connectivity index (χ1n) is 12.7. The number of aliphatic hydroxyl groups excluding tert-OH is 2. The summed E-state index contributed by atoms with van der Waals surface area (Å²) in [5, 5.41) is 19.6. The Kier molecular flexibility index (Phi) is 7.62. The highest BCUT2D eigenvalue weighted by Gasteiger charge is 2.67. The zero-order valence-corrected chi connectivity index (χ0v) is 20.9. The molecule has 2 fully saturated rings. The Morgan fingerprint density at radius 3 is 2.17 bits per heavy atom. The molecule has 0 spiro atoms. The SMILES string of the molecule is CCOC(=O)C1(C(=O)OCCCCCOC(=O)C2(CC)CC3C=CC2(CO)O3)CC2(CO)C=CC1O2. The molecule has 0 saturated carbocycles. The van der Waals surface area contributed by atoms with Gasteiger partial charge in [0.05, 0.1) is 39.1 Å². The highest BCUT2D eigenvalue weighted by Crippen LogP contribution is 2.55. The Morgan fingerprint density at radius 1 is 0.889 bits per heavy atom. The minimum atomic E-state index is -1.63. The summed E-state index contributed by atoms with van der Waals surface area (Å²) >= 11 is 0. The summed E-state index contributed by atoms with van der Waals surface area (Å²) in [4.78, 5) is 38.7. The zero-order valence-electron chi connectivity index (χ0n) is 20.9. The van der Waals surface area contributed by atoms with Crippen LogP contribution in [0.2, 0.25) is 0 Å². The third-order valence-electron chi connectivity index (χ3n) is 8.06. The highest BCUT2D eigenvalue weighted by molar-refractivity contribution is 6.02. The molecular weight excluding hydrogens is 472 g/mol. The number of aliphatic hydroxyl groups is 2. The maximum Gasteiger partial charge on any atom is 0.326 e. The summed E-state index contributed by atoms with van der Waals surface area (Å²) < 4.78 is 27.8. The molecule has 6 atom stereocenters. The van der Waals surface area contributed by atoms with Gasteiger partial charge in [-0.1, -0.05) is 31.2 Å². The Balaban J connectivity index is 1.22. The third kappa shape index (κ3) is 4.08. The smallest absolute Gasteiger partial charge is 0.326 e. The van der Waals surface area contributed by atoms with Gasteiger partial charge in [0, 0.05) is 6.42 Å². The topological polar surface area (TPSA) is 138 Å². The number of unbranched alkanes of at least 4 members (excludes halogenated alkanes) is 2. The molecule has 2 saturated heterocycles. The second kappa shape index (κ2) is 10.2. The molecule has 36 heavy (non-hydrogen) atoms. The molecule has 0 aromatic heterocycles. The van der Waals surface area contributed by atoms with Crippen LogP contribution in [0.1, 0.15) is 52.4 Å². The lowest BCUT2D eigenvalue weighted by Crippen LogP contribution is -2.52. The Bertz CT molecular complexity index is 930. The summed E-state index contributed by atoms with van der Waals surface area (Å²) in [7, 11) is 0. The summed E-state index contributed by atoms with van der Waals surface area (Å²) in [6, 6.07) is 0. The van der Waals surface area contributed by atoms with Crippen molar-refractivity contribution in [2.24, 2.45) is 10.8 Å². The van der Waals surface area contributed by atoms with Crippen LogP contribution in [-0.2, 0) is 38.1 Å². The minimum Gasteiger partial charge on any atom is -0.465 e. The molecule has 6 unspecified atom stereocenters. The van der Waals surface area contributed by atoms with Crippen LogP contribution in [-0.4, -0.2) is 84.6 Å². The predicted octanol–water partition coefficient (Wildman–Crippen LogP) is 1.37. The Hall–Kier alpha value is -2.27. The van der Waals surface area contributed by atoms with E-state index in [1.54, 1.807) is 25.2 Å². The van der Waals surface area contributed by atoms with Gasteiger partial charge in [0.2, 0.25) is 0 Å². The predicted molar refractivity (Wildman–Crippen MR) is 124 cm³/mol. The van der Waals surface area contributed by atoms with E-state index in [1.807, 2.05) is 13.0 Å². The highest BCUT2D eigenvalue weighted by atomic mass is 16.6. The number of ether oxygens (including phenoxy) is 5. The van der Waals surface area contributed by atoms with Crippen LogP contribution in [0.15, 0.2) is 24.3 Å². The van der Waals surface area contributed by atoms with E-state index in [4.69, 9.17) is 23.7 Å². The molecule has 4 rings (SSSR count).